The molecule has 4 heteroatoms. The smallest absolute Gasteiger partial charge is 0.160 e. The standard InChI is InChI=1S/C14H12ClN3.H2/c1-2-10-9-16-18-13(15)8-12(17-14(10)18)11-6-4-3-5-7-11;/h3-9H,2H2,1H3;1H. The Morgan fingerprint density at radius 2 is 2.06 bits per heavy atom. The summed E-state index contributed by atoms with van der Waals surface area (Å²) < 4.78 is 1.67. The lowest BCUT2D eigenvalue weighted by Crippen LogP contribution is -1.95. The SMILES string of the molecule is CCc1cnn2c(Cl)cc(-c3ccccc3)nc12.[HH]. The van der Waals surface area contributed by atoms with Gasteiger partial charge in [-0.1, -0.05) is 48.9 Å². The highest BCUT2D eigenvalue weighted by molar-refractivity contribution is 6.30. The lowest BCUT2D eigenvalue weighted by Gasteiger charge is -2.04. The normalized spacial score (nSPS) is 11.0. The second kappa shape index (κ2) is 4.42. The van der Waals surface area contributed by atoms with Crippen LogP contribution in [-0.2, 0) is 6.42 Å². The summed E-state index contributed by atoms with van der Waals surface area (Å²) in [5.41, 5.74) is 3.88. The van der Waals surface area contributed by atoms with E-state index in [2.05, 4.69) is 17.0 Å². The first-order valence-electron chi connectivity index (χ1n) is 5.88. The Morgan fingerprint density at radius 1 is 1.28 bits per heavy atom. The third-order valence-electron chi connectivity index (χ3n) is 2.95. The van der Waals surface area contributed by atoms with Crippen molar-refractivity contribution in [1.82, 2.24) is 14.6 Å². The van der Waals surface area contributed by atoms with Gasteiger partial charge in [0.25, 0.3) is 0 Å². The van der Waals surface area contributed by atoms with Crippen molar-refractivity contribution in [2.75, 3.05) is 0 Å². The first-order valence-corrected chi connectivity index (χ1v) is 6.26. The van der Waals surface area contributed by atoms with Crippen molar-refractivity contribution < 1.29 is 1.43 Å². The minimum absolute atomic E-state index is 0. The second-order valence-electron chi connectivity index (χ2n) is 4.09. The molecular weight excluding hydrogens is 246 g/mol. The maximum absolute atomic E-state index is 6.24. The molecule has 0 aliphatic heterocycles. The Bertz CT molecular complexity index is 694. The van der Waals surface area contributed by atoms with E-state index < -0.39 is 0 Å². The summed E-state index contributed by atoms with van der Waals surface area (Å²) in [6.45, 7) is 2.09. The molecule has 0 aliphatic rings. The maximum atomic E-state index is 6.24. The van der Waals surface area contributed by atoms with Gasteiger partial charge in [-0.15, -0.1) is 0 Å². The van der Waals surface area contributed by atoms with Crippen LogP contribution < -0.4 is 0 Å². The first-order chi connectivity index (χ1) is 8.79. The second-order valence-corrected chi connectivity index (χ2v) is 4.48. The molecule has 0 unspecified atom stereocenters. The third kappa shape index (κ3) is 1.77. The highest BCUT2D eigenvalue weighted by Gasteiger charge is 2.10. The van der Waals surface area contributed by atoms with Crippen LogP contribution in [0.4, 0.5) is 0 Å². The molecule has 0 bridgehead atoms. The van der Waals surface area contributed by atoms with E-state index in [1.54, 1.807) is 4.52 Å². The van der Waals surface area contributed by atoms with Crippen LogP contribution >= 0.6 is 11.6 Å². The Kier molecular flexibility index (Phi) is 2.76. The van der Waals surface area contributed by atoms with Crippen LogP contribution in [0.3, 0.4) is 0 Å². The molecule has 3 aromatic rings. The van der Waals surface area contributed by atoms with Crippen LogP contribution in [-0.4, -0.2) is 14.6 Å². The highest BCUT2D eigenvalue weighted by atomic mass is 35.5. The van der Waals surface area contributed by atoms with Crippen LogP contribution in [0.15, 0.2) is 42.6 Å². The van der Waals surface area contributed by atoms with E-state index in [9.17, 15) is 0 Å². The zero-order valence-corrected chi connectivity index (χ0v) is 10.7. The zero-order valence-electron chi connectivity index (χ0n) is 9.97. The molecule has 0 saturated heterocycles. The fourth-order valence-corrected chi connectivity index (χ4v) is 2.20. The fourth-order valence-electron chi connectivity index (χ4n) is 1.98. The predicted octanol–water partition coefficient (Wildman–Crippen LogP) is 3.86. The van der Waals surface area contributed by atoms with E-state index in [4.69, 9.17) is 11.6 Å². The molecule has 92 valence electrons. The molecule has 0 aliphatic carbocycles. The maximum Gasteiger partial charge on any atom is 0.160 e. The number of fused-ring (bicyclic) bond motifs is 1. The summed E-state index contributed by atoms with van der Waals surface area (Å²) in [7, 11) is 0. The zero-order chi connectivity index (χ0) is 12.5. The van der Waals surface area contributed by atoms with E-state index in [-0.39, 0.29) is 1.43 Å². The van der Waals surface area contributed by atoms with Crippen molar-refractivity contribution in [3.63, 3.8) is 0 Å². The number of benzene rings is 1. The van der Waals surface area contributed by atoms with Crippen molar-refractivity contribution in [1.29, 1.82) is 0 Å². The first kappa shape index (κ1) is 11.2. The van der Waals surface area contributed by atoms with Gasteiger partial charge in [-0.2, -0.15) is 5.10 Å². The predicted molar refractivity (Wildman–Crippen MR) is 74.9 cm³/mol. The number of hydrogen-bond donors (Lipinski definition) is 0. The fraction of sp³-hybridized carbons (Fsp3) is 0.143. The largest absolute Gasteiger partial charge is 0.228 e. The molecule has 0 fully saturated rings. The van der Waals surface area contributed by atoms with E-state index >= 15 is 0 Å². The summed E-state index contributed by atoms with van der Waals surface area (Å²) >= 11 is 6.24. The Hall–Kier alpha value is -1.87. The van der Waals surface area contributed by atoms with Gasteiger partial charge in [0.15, 0.2) is 5.65 Å². The molecule has 3 rings (SSSR count). The molecule has 3 nitrogen and oxygen atoms in total. The Balaban J connectivity index is 0.00000133. The van der Waals surface area contributed by atoms with Crippen LogP contribution in [0.5, 0.6) is 0 Å². The molecule has 2 aromatic heterocycles. The quantitative estimate of drug-likeness (QED) is 0.654. The van der Waals surface area contributed by atoms with Gasteiger partial charge in [0.1, 0.15) is 5.15 Å². The lowest BCUT2D eigenvalue weighted by molar-refractivity contribution is 0.941. The van der Waals surface area contributed by atoms with Crippen molar-refractivity contribution in [2.24, 2.45) is 0 Å². The highest BCUT2D eigenvalue weighted by Crippen LogP contribution is 2.23. The van der Waals surface area contributed by atoms with Gasteiger partial charge >= 0.3 is 0 Å². The molecule has 0 N–H and O–H groups in total. The van der Waals surface area contributed by atoms with Gasteiger partial charge in [-0.25, -0.2) is 9.50 Å². The van der Waals surface area contributed by atoms with Gasteiger partial charge in [0, 0.05) is 18.6 Å². The number of rotatable bonds is 2. The third-order valence-corrected chi connectivity index (χ3v) is 3.22. The Labute approximate surface area is 112 Å². The Morgan fingerprint density at radius 3 is 2.78 bits per heavy atom. The summed E-state index contributed by atoms with van der Waals surface area (Å²) in [5, 5.41) is 4.83. The molecule has 18 heavy (non-hydrogen) atoms. The lowest BCUT2D eigenvalue weighted by atomic mass is 10.1. The van der Waals surface area contributed by atoms with Crippen LogP contribution in [0.25, 0.3) is 16.9 Å². The molecule has 0 radical (unpaired) electrons. The van der Waals surface area contributed by atoms with Crippen molar-refractivity contribution in [3.05, 3.63) is 53.3 Å². The average Bonchev–Trinajstić information content (AvgIpc) is 2.83. The van der Waals surface area contributed by atoms with Gasteiger partial charge < -0.3 is 0 Å². The molecule has 2 heterocycles. The number of hydrogen-bond acceptors (Lipinski definition) is 2. The summed E-state index contributed by atoms with van der Waals surface area (Å²) in [6.07, 6.45) is 2.72. The summed E-state index contributed by atoms with van der Waals surface area (Å²) in [6, 6.07) is 11.9. The van der Waals surface area contributed by atoms with Gasteiger partial charge in [-0.3, -0.25) is 0 Å². The molecular formula is C14H14ClN3. The van der Waals surface area contributed by atoms with Crippen molar-refractivity contribution >= 4 is 17.2 Å². The molecule has 0 spiro atoms. The van der Waals surface area contributed by atoms with Crippen LogP contribution in [0.2, 0.25) is 5.15 Å². The van der Waals surface area contributed by atoms with E-state index in [1.807, 2.05) is 42.6 Å². The molecule has 1 aromatic carbocycles. The average molecular weight is 260 g/mol. The summed E-state index contributed by atoms with van der Waals surface area (Å²) in [5.74, 6) is 0. The number of aryl methyl sites for hydroxylation is 1. The van der Waals surface area contributed by atoms with Crippen LogP contribution in [0, 0.1) is 0 Å². The van der Waals surface area contributed by atoms with E-state index in [0.717, 1.165) is 28.9 Å². The van der Waals surface area contributed by atoms with Crippen molar-refractivity contribution in [2.45, 2.75) is 13.3 Å². The monoisotopic (exact) mass is 259 g/mol. The molecule has 0 atom stereocenters. The molecule has 0 amide bonds. The van der Waals surface area contributed by atoms with Gasteiger partial charge in [-0.05, 0) is 6.42 Å². The van der Waals surface area contributed by atoms with Crippen molar-refractivity contribution in [3.8, 4) is 11.3 Å². The minimum Gasteiger partial charge on any atom is -0.228 e. The van der Waals surface area contributed by atoms with Gasteiger partial charge in [0.05, 0.1) is 11.9 Å². The van der Waals surface area contributed by atoms with E-state index in [0.29, 0.717) is 5.15 Å². The summed E-state index contributed by atoms with van der Waals surface area (Å²) in [4.78, 5) is 4.65. The number of halogens is 1. The van der Waals surface area contributed by atoms with Crippen LogP contribution in [0.1, 0.15) is 13.9 Å². The molecule has 0 saturated carbocycles. The topological polar surface area (TPSA) is 30.2 Å². The van der Waals surface area contributed by atoms with Gasteiger partial charge in [0.2, 0.25) is 0 Å². The number of nitrogens with zero attached hydrogens (tertiary/aromatic N) is 3. The minimum atomic E-state index is 0. The number of aromatic nitrogens is 3. The van der Waals surface area contributed by atoms with E-state index in [1.165, 1.54) is 0 Å².